The minimum atomic E-state index is 0.768. The van der Waals surface area contributed by atoms with Crippen LogP contribution < -0.4 is 9.64 Å². The molecule has 0 spiro atoms. The first-order valence-corrected chi connectivity index (χ1v) is 7.60. The van der Waals surface area contributed by atoms with E-state index in [-0.39, 0.29) is 0 Å². The molecule has 0 N–H and O–H groups in total. The van der Waals surface area contributed by atoms with Gasteiger partial charge in [0.05, 0.1) is 12.8 Å². The second-order valence-electron chi connectivity index (χ2n) is 5.53. The van der Waals surface area contributed by atoms with Gasteiger partial charge in [0.25, 0.3) is 5.95 Å². The van der Waals surface area contributed by atoms with E-state index in [1.807, 2.05) is 36.4 Å². The van der Waals surface area contributed by atoms with Crippen molar-refractivity contribution in [2.45, 2.75) is 13.0 Å². The van der Waals surface area contributed by atoms with Crippen LogP contribution >= 0.6 is 0 Å². The summed E-state index contributed by atoms with van der Waals surface area (Å²) in [6, 6.07) is 16.2. The first-order chi connectivity index (χ1) is 11.3. The fourth-order valence-electron chi connectivity index (χ4n) is 2.95. The van der Waals surface area contributed by atoms with E-state index in [9.17, 15) is 0 Å². The maximum atomic E-state index is 5.34. The molecule has 0 radical (unpaired) electrons. The van der Waals surface area contributed by atoms with E-state index in [0.29, 0.717) is 0 Å². The highest BCUT2D eigenvalue weighted by atomic mass is 16.5. The molecule has 0 aliphatic carbocycles. The zero-order chi connectivity index (χ0) is 15.6. The normalized spacial score (nSPS) is 13.7. The van der Waals surface area contributed by atoms with Gasteiger partial charge in [0, 0.05) is 13.1 Å². The van der Waals surface area contributed by atoms with E-state index in [4.69, 9.17) is 4.74 Å². The average molecular weight is 307 g/mol. The van der Waals surface area contributed by atoms with Crippen LogP contribution in [0.2, 0.25) is 0 Å². The second kappa shape index (κ2) is 5.72. The van der Waals surface area contributed by atoms with Crippen LogP contribution in [-0.2, 0) is 13.0 Å². The number of para-hydroxylation sites is 1. The summed E-state index contributed by atoms with van der Waals surface area (Å²) in [5, 5.41) is 12.2. The van der Waals surface area contributed by atoms with E-state index in [0.717, 1.165) is 36.9 Å². The molecule has 0 bridgehead atoms. The Balaban J connectivity index is 1.67. The SMILES string of the molecule is COc1ccc2c(c1)CN(c1nnnn1-c1ccccc1)CC2. The molecule has 2 heterocycles. The molecule has 0 unspecified atom stereocenters. The quantitative estimate of drug-likeness (QED) is 0.743. The summed E-state index contributed by atoms with van der Waals surface area (Å²) in [6.45, 7) is 1.67. The molecular formula is C17H17N5O. The number of hydrogen-bond acceptors (Lipinski definition) is 5. The highest BCUT2D eigenvalue weighted by molar-refractivity contribution is 5.46. The summed E-state index contributed by atoms with van der Waals surface area (Å²) in [5.41, 5.74) is 3.59. The average Bonchev–Trinajstić information content (AvgIpc) is 3.11. The smallest absolute Gasteiger partial charge is 0.250 e. The maximum absolute atomic E-state index is 5.34. The first-order valence-electron chi connectivity index (χ1n) is 7.60. The van der Waals surface area contributed by atoms with Gasteiger partial charge in [-0.3, -0.25) is 0 Å². The maximum Gasteiger partial charge on any atom is 0.250 e. The van der Waals surface area contributed by atoms with E-state index >= 15 is 0 Å². The lowest BCUT2D eigenvalue weighted by atomic mass is 10.00. The molecule has 0 fully saturated rings. The van der Waals surface area contributed by atoms with Crippen LogP contribution in [-0.4, -0.2) is 33.9 Å². The summed E-state index contributed by atoms with van der Waals surface area (Å²) >= 11 is 0. The van der Waals surface area contributed by atoms with Crippen molar-refractivity contribution >= 4 is 5.95 Å². The van der Waals surface area contributed by atoms with Gasteiger partial charge in [-0.1, -0.05) is 29.4 Å². The third kappa shape index (κ3) is 2.52. The monoisotopic (exact) mass is 307 g/mol. The molecule has 3 aromatic rings. The van der Waals surface area contributed by atoms with Crippen molar-refractivity contribution in [2.75, 3.05) is 18.6 Å². The van der Waals surface area contributed by atoms with Crippen LogP contribution in [0.1, 0.15) is 11.1 Å². The van der Waals surface area contributed by atoms with Gasteiger partial charge in [0.1, 0.15) is 5.75 Å². The summed E-state index contributed by atoms with van der Waals surface area (Å²) in [4.78, 5) is 2.20. The molecule has 0 saturated carbocycles. The van der Waals surface area contributed by atoms with Crippen LogP contribution in [0.5, 0.6) is 5.75 Å². The van der Waals surface area contributed by atoms with Crippen LogP contribution in [0.15, 0.2) is 48.5 Å². The minimum absolute atomic E-state index is 0.768. The third-order valence-corrected chi connectivity index (χ3v) is 4.16. The molecule has 23 heavy (non-hydrogen) atoms. The number of benzene rings is 2. The number of aromatic nitrogens is 4. The van der Waals surface area contributed by atoms with E-state index in [1.165, 1.54) is 11.1 Å². The topological polar surface area (TPSA) is 56.1 Å². The summed E-state index contributed by atoms with van der Waals surface area (Å²) < 4.78 is 7.12. The molecule has 1 aliphatic rings. The van der Waals surface area contributed by atoms with Crippen LogP contribution in [0.3, 0.4) is 0 Å². The molecule has 0 amide bonds. The fraction of sp³-hybridized carbons (Fsp3) is 0.235. The minimum Gasteiger partial charge on any atom is -0.497 e. The van der Waals surface area contributed by atoms with E-state index in [1.54, 1.807) is 11.8 Å². The highest BCUT2D eigenvalue weighted by Crippen LogP contribution is 2.26. The Labute approximate surface area is 134 Å². The lowest BCUT2D eigenvalue weighted by molar-refractivity contribution is 0.413. The van der Waals surface area contributed by atoms with Crippen molar-refractivity contribution in [1.82, 2.24) is 20.2 Å². The van der Waals surface area contributed by atoms with Crippen molar-refractivity contribution in [2.24, 2.45) is 0 Å². The fourth-order valence-corrected chi connectivity index (χ4v) is 2.95. The van der Waals surface area contributed by atoms with E-state index in [2.05, 4.69) is 32.6 Å². The number of anilines is 1. The standard InChI is InChI=1S/C17H17N5O/c1-23-16-8-7-13-9-10-21(12-14(13)11-16)17-18-19-20-22(17)15-5-3-2-4-6-15/h2-8,11H,9-10,12H2,1H3. The van der Waals surface area contributed by atoms with Crippen molar-refractivity contribution in [3.8, 4) is 11.4 Å². The Bertz CT molecular complexity index is 815. The molecule has 2 aromatic carbocycles. The van der Waals surface area contributed by atoms with Crippen molar-refractivity contribution < 1.29 is 4.74 Å². The van der Waals surface area contributed by atoms with Crippen molar-refractivity contribution in [1.29, 1.82) is 0 Å². The summed E-state index contributed by atoms with van der Waals surface area (Å²) in [6.07, 6.45) is 0.973. The number of methoxy groups -OCH3 is 1. The summed E-state index contributed by atoms with van der Waals surface area (Å²) in [7, 11) is 1.69. The Kier molecular flexibility index (Phi) is 3.42. The van der Waals surface area contributed by atoms with Crippen molar-refractivity contribution in [3.05, 3.63) is 59.7 Å². The lowest BCUT2D eigenvalue weighted by Gasteiger charge is -2.29. The Morgan fingerprint density at radius 2 is 1.91 bits per heavy atom. The van der Waals surface area contributed by atoms with Gasteiger partial charge in [-0.25, -0.2) is 0 Å². The second-order valence-corrected chi connectivity index (χ2v) is 5.53. The molecule has 1 aliphatic heterocycles. The lowest BCUT2D eigenvalue weighted by Crippen LogP contribution is -2.32. The highest BCUT2D eigenvalue weighted by Gasteiger charge is 2.22. The molecular weight excluding hydrogens is 290 g/mol. The zero-order valence-corrected chi connectivity index (χ0v) is 12.9. The van der Waals surface area contributed by atoms with Gasteiger partial charge < -0.3 is 9.64 Å². The predicted molar refractivity (Wildman–Crippen MR) is 86.9 cm³/mol. The number of fused-ring (bicyclic) bond motifs is 1. The van der Waals surface area contributed by atoms with Gasteiger partial charge in [-0.05, 0) is 52.2 Å². The van der Waals surface area contributed by atoms with E-state index < -0.39 is 0 Å². The van der Waals surface area contributed by atoms with Crippen LogP contribution in [0.25, 0.3) is 5.69 Å². The van der Waals surface area contributed by atoms with Gasteiger partial charge >= 0.3 is 0 Å². The molecule has 116 valence electrons. The Morgan fingerprint density at radius 3 is 2.74 bits per heavy atom. The predicted octanol–water partition coefficient (Wildman–Crippen LogP) is 2.23. The molecule has 4 rings (SSSR count). The Morgan fingerprint density at radius 1 is 1.04 bits per heavy atom. The molecule has 0 atom stereocenters. The largest absolute Gasteiger partial charge is 0.497 e. The van der Waals surface area contributed by atoms with Crippen molar-refractivity contribution in [3.63, 3.8) is 0 Å². The van der Waals surface area contributed by atoms with Crippen LogP contribution in [0, 0.1) is 0 Å². The van der Waals surface area contributed by atoms with Gasteiger partial charge in [0.2, 0.25) is 0 Å². The summed E-state index contributed by atoms with van der Waals surface area (Å²) in [5.74, 6) is 1.65. The van der Waals surface area contributed by atoms with Gasteiger partial charge in [0.15, 0.2) is 0 Å². The molecule has 6 heteroatoms. The van der Waals surface area contributed by atoms with Gasteiger partial charge in [-0.15, -0.1) is 0 Å². The number of rotatable bonds is 3. The number of tetrazole rings is 1. The molecule has 0 saturated heterocycles. The number of nitrogens with zero attached hydrogens (tertiary/aromatic N) is 5. The van der Waals surface area contributed by atoms with Gasteiger partial charge in [-0.2, -0.15) is 4.68 Å². The number of hydrogen-bond donors (Lipinski definition) is 0. The molecule has 6 nitrogen and oxygen atoms in total. The third-order valence-electron chi connectivity index (χ3n) is 4.16. The number of ether oxygens (including phenoxy) is 1. The Hall–Kier alpha value is -2.89. The van der Waals surface area contributed by atoms with Crippen LogP contribution in [0.4, 0.5) is 5.95 Å². The molecule has 1 aromatic heterocycles. The first kappa shape index (κ1) is 13.8. The zero-order valence-electron chi connectivity index (χ0n) is 12.9.